The lowest BCUT2D eigenvalue weighted by Gasteiger charge is -2.13. The van der Waals surface area contributed by atoms with Crippen LogP contribution >= 0.6 is 22.9 Å². The SMILES string of the molecule is O=c1c2c3c(sc2n(Cc2ccc(F)cc2)c(=O)n1-c1cccc(Cl)c1)CCC3. The lowest BCUT2D eigenvalue weighted by molar-refractivity contribution is 0.626. The summed E-state index contributed by atoms with van der Waals surface area (Å²) in [6.45, 7) is 0.260. The molecule has 7 heteroatoms. The minimum atomic E-state index is -0.422. The van der Waals surface area contributed by atoms with E-state index < -0.39 is 5.69 Å². The standard InChI is InChI=1S/C22H16ClFN2O2S/c23-14-3-1-4-16(11-14)26-20(27)19-17-5-2-6-18(17)29-21(19)25(22(26)28)12-13-7-9-15(24)10-8-13/h1,3-4,7-11H,2,5-6,12H2. The molecule has 2 heterocycles. The van der Waals surface area contributed by atoms with Crippen molar-refractivity contribution in [2.24, 2.45) is 0 Å². The van der Waals surface area contributed by atoms with Gasteiger partial charge >= 0.3 is 5.69 Å². The third-order valence-electron chi connectivity index (χ3n) is 5.31. The molecule has 0 bridgehead atoms. The minimum Gasteiger partial charge on any atom is -0.280 e. The number of hydrogen-bond acceptors (Lipinski definition) is 3. The van der Waals surface area contributed by atoms with Crippen LogP contribution in [0.2, 0.25) is 5.02 Å². The first-order valence-electron chi connectivity index (χ1n) is 9.33. The Morgan fingerprint density at radius 3 is 2.62 bits per heavy atom. The van der Waals surface area contributed by atoms with Gasteiger partial charge in [-0.25, -0.2) is 13.8 Å². The van der Waals surface area contributed by atoms with E-state index in [2.05, 4.69) is 0 Å². The van der Waals surface area contributed by atoms with Crippen molar-refractivity contribution in [1.29, 1.82) is 0 Å². The van der Waals surface area contributed by atoms with Gasteiger partial charge in [0, 0.05) is 9.90 Å². The Labute approximate surface area is 174 Å². The first kappa shape index (κ1) is 18.3. The van der Waals surface area contributed by atoms with Crippen molar-refractivity contribution >= 4 is 33.2 Å². The molecule has 2 aromatic carbocycles. The van der Waals surface area contributed by atoms with Gasteiger partial charge in [-0.2, -0.15) is 0 Å². The highest BCUT2D eigenvalue weighted by Crippen LogP contribution is 2.35. The van der Waals surface area contributed by atoms with Crippen molar-refractivity contribution in [3.8, 4) is 5.69 Å². The molecule has 0 spiro atoms. The molecule has 29 heavy (non-hydrogen) atoms. The van der Waals surface area contributed by atoms with Gasteiger partial charge in [-0.15, -0.1) is 11.3 Å². The number of rotatable bonds is 3. The van der Waals surface area contributed by atoms with Crippen molar-refractivity contribution in [2.75, 3.05) is 0 Å². The van der Waals surface area contributed by atoms with Crippen LogP contribution in [0.15, 0.2) is 58.1 Å². The molecule has 1 aliphatic rings. The monoisotopic (exact) mass is 426 g/mol. The molecule has 0 unspecified atom stereocenters. The summed E-state index contributed by atoms with van der Waals surface area (Å²) >= 11 is 7.64. The highest BCUT2D eigenvalue weighted by Gasteiger charge is 2.25. The van der Waals surface area contributed by atoms with Gasteiger partial charge in [0.1, 0.15) is 10.6 Å². The van der Waals surface area contributed by atoms with Gasteiger partial charge in [0.15, 0.2) is 0 Å². The summed E-state index contributed by atoms with van der Waals surface area (Å²) in [6.07, 6.45) is 2.79. The van der Waals surface area contributed by atoms with Crippen LogP contribution in [0.25, 0.3) is 15.9 Å². The summed E-state index contributed by atoms with van der Waals surface area (Å²) in [6, 6.07) is 12.8. The predicted octanol–water partition coefficient (Wildman–Crippen LogP) is 4.54. The molecule has 0 saturated carbocycles. The summed E-state index contributed by atoms with van der Waals surface area (Å²) in [7, 11) is 0. The van der Waals surface area contributed by atoms with Crippen LogP contribution in [-0.2, 0) is 19.4 Å². The summed E-state index contributed by atoms with van der Waals surface area (Å²) in [4.78, 5) is 28.7. The Morgan fingerprint density at radius 1 is 1.07 bits per heavy atom. The van der Waals surface area contributed by atoms with Gasteiger partial charge in [-0.05, 0) is 60.7 Å². The predicted molar refractivity (Wildman–Crippen MR) is 114 cm³/mol. The van der Waals surface area contributed by atoms with Crippen LogP contribution < -0.4 is 11.2 Å². The summed E-state index contributed by atoms with van der Waals surface area (Å²) in [5, 5.41) is 1.07. The van der Waals surface area contributed by atoms with Crippen LogP contribution in [0, 0.1) is 5.82 Å². The van der Waals surface area contributed by atoms with E-state index in [1.165, 1.54) is 32.9 Å². The molecule has 0 fully saturated rings. The maximum atomic E-state index is 13.4. The van der Waals surface area contributed by atoms with Gasteiger partial charge in [-0.3, -0.25) is 9.36 Å². The normalized spacial score (nSPS) is 13.2. The average molecular weight is 427 g/mol. The molecule has 146 valence electrons. The van der Waals surface area contributed by atoms with Gasteiger partial charge in [0.25, 0.3) is 5.56 Å². The molecule has 4 nitrogen and oxygen atoms in total. The van der Waals surface area contributed by atoms with Gasteiger partial charge in [0.05, 0.1) is 17.6 Å². The van der Waals surface area contributed by atoms with E-state index >= 15 is 0 Å². The van der Waals surface area contributed by atoms with Gasteiger partial charge < -0.3 is 0 Å². The zero-order valence-corrected chi connectivity index (χ0v) is 16.9. The quantitative estimate of drug-likeness (QED) is 0.482. The van der Waals surface area contributed by atoms with Gasteiger partial charge in [0.2, 0.25) is 0 Å². The Kier molecular flexibility index (Phi) is 4.41. The number of aromatic nitrogens is 2. The molecule has 0 atom stereocenters. The summed E-state index contributed by atoms with van der Waals surface area (Å²) in [5.41, 5.74) is 1.56. The van der Waals surface area contributed by atoms with Crippen LogP contribution in [-0.4, -0.2) is 9.13 Å². The molecular formula is C22H16ClFN2O2S. The van der Waals surface area contributed by atoms with E-state index in [0.717, 1.165) is 30.4 Å². The maximum absolute atomic E-state index is 13.4. The molecular weight excluding hydrogens is 411 g/mol. The maximum Gasteiger partial charge on any atom is 0.337 e. The van der Waals surface area contributed by atoms with Crippen LogP contribution in [0.3, 0.4) is 0 Å². The number of fused-ring (bicyclic) bond motifs is 3. The Morgan fingerprint density at radius 2 is 1.86 bits per heavy atom. The Balaban J connectivity index is 1.82. The second kappa shape index (κ2) is 6.97. The largest absolute Gasteiger partial charge is 0.337 e. The molecule has 2 aromatic heterocycles. The van der Waals surface area contributed by atoms with E-state index in [9.17, 15) is 14.0 Å². The lowest BCUT2D eigenvalue weighted by Crippen LogP contribution is -2.39. The Bertz CT molecular complexity index is 1370. The van der Waals surface area contributed by atoms with Crippen molar-refractivity contribution in [2.45, 2.75) is 25.8 Å². The van der Waals surface area contributed by atoms with E-state index in [-0.39, 0.29) is 17.9 Å². The van der Waals surface area contributed by atoms with Crippen molar-refractivity contribution in [3.63, 3.8) is 0 Å². The zero-order chi connectivity index (χ0) is 20.1. The number of nitrogens with zero attached hydrogens (tertiary/aromatic N) is 2. The van der Waals surface area contributed by atoms with E-state index in [0.29, 0.717) is 20.9 Å². The number of aryl methyl sites for hydroxylation is 2. The zero-order valence-electron chi connectivity index (χ0n) is 15.3. The van der Waals surface area contributed by atoms with Crippen LogP contribution in [0.5, 0.6) is 0 Å². The van der Waals surface area contributed by atoms with E-state index in [4.69, 9.17) is 11.6 Å². The number of benzene rings is 2. The fraction of sp³-hybridized carbons (Fsp3) is 0.182. The first-order valence-corrected chi connectivity index (χ1v) is 10.5. The molecule has 0 aliphatic heterocycles. The summed E-state index contributed by atoms with van der Waals surface area (Å²) in [5.74, 6) is -0.328. The number of hydrogen-bond donors (Lipinski definition) is 0. The average Bonchev–Trinajstić information content (AvgIpc) is 3.28. The second-order valence-corrected chi connectivity index (χ2v) is 8.67. The smallest absolute Gasteiger partial charge is 0.280 e. The molecule has 0 saturated heterocycles. The summed E-state index contributed by atoms with van der Waals surface area (Å²) < 4.78 is 16.1. The van der Waals surface area contributed by atoms with Gasteiger partial charge in [-0.1, -0.05) is 29.8 Å². The Hall–Kier alpha value is -2.70. The molecule has 0 amide bonds. The third-order valence-corrected chi connectivity index (χ3v) is 6.86. The highest BCUT2D eigenvalue weighted by atomic mass is 35.5. The van der Waals surface area contributed by atoms with E-state index in [1.807, 2.05) is 0 Å². The second-order valence-electron chi connectivity index (χ2n) is 7.15. The molecule has 0 N–H and O–H groups in total. The van der Waals surface area contributed by atoms with Crippen molar-refractivity contribution in [3.05, 3.63) is 96.2 Å². The lowest BCUT2D eigenvalue weighted by atomic mass is 10.2. The molecule has 5 rings (SSSR count). The number of halogens is 2. The first-order chi connectivity index (χ1) is 14.0. The van der Waals surface area contributed by atoms with Crippen molar-refractivity contribution in [1.82, 2.24) is 9.13 Å². The molecule has 4 aromatic rings. The van der Waals surface area contributed by atoms with E-state index in [1.54, 1.807) is 41.0 Å². The van der Waals surface area contributed by atoms with Crippen molar-refractivity contribution < 1.29 is 4.39 Å². The number of thiophene rings is 1. The minimum absolute atomic E-state index is 0.260. The highest BCUT2D eigenvalue weighted by molar-refractivity contribution is 7.18. The third kappa shape index (κ3) is 3.03. The topological polar surface area (TPSA) is 44.0 Å². The van der Waals surface area contributed by atoms with Crippen LogP contribution in [0.1, 0.15) is 22.4 Å². The fourth-order valence-corrected chi connectivity index (χ4v) is 5.52. The fourth-order valence-electron chi connectivity index (χ4n) is 3.96. The van der Waals surface area contributed by atoms with Crippen LogP contribution in [0.4, 0.5) is 4.39 Å². The molecule has 0 radical (unpaired) electrons. The molecule has 1 aliphatic carbocycles.